The first-order valence-corrected chi connectivity index (χ1v) is 13.2. The van der Waals surface area contributed by atoms with Gasteiger partial charge in [0.05, 0.1) is 18.2 Å². The van der Waals surface area contributed by atoms with Gasteiger partial charge in [0.1, 0.15) is 5.82 Å². The minimum Gasteiger partial charge on any atom is -0.374 e. The molecule has 1 heterocycles. The maximum atomic E-state index is 8.76. The summed E-state index contributed by atoms with van der Waals surface area (Å²) in [6, 6.07) is 11.3. The molecular weight excluding hydrogens is 434 g/mol. The highest BCUT2D eigenvalue weighted by atomic mass is 15.2. The molecule has 1 fully saturated rings. The number of benzene rings is 1. The molecule has 2 aromatic rings. The maximum Gasteiger partial charge on any atom is 0.225 e. The molecule has 2 N–H and O–H groups in total. The van der Waals surface area contributed by atoms with Gasteiger partial charge in [-0.3, -0.25) is 0 Å². The van der Waals surface area contributed by atoms with Crippen molar-refractivity contribution in [3.05, 3.63) is 41.1 Å². The van der Waals surface area contributed by atoms with Gasteiger partial charge in [0, 0.05) is 51.5 Å². The Bertz CT molecular complexity index is 988. The van der Waals surface area contributed by atoms with Crippen LogP contribution in [0.25, 0.3) is 0 Å². The first-order chi connectivity index (χ1) is 17.0. The van der Waals surface area contributed by atoms with Crippen LogP contribution in [-0.2, 0) is 19.4 Å². The van der Waals surface area contributed by atoms with Crippen LogP contribution in [0, 0.1) is 17.2 Å². The van der Waals surface area contributed by atoms with E-state index in [0.29, 0.717) is 12.5 Å². The number of nitriles is 1. The number of rotatable bonds is 10. The maximum absolute atomic E-state index is 8.76. The molecule has 35 heavy (non-hydrogen) atoms. The molecule has 2 aliphatic rings. The molecule has 2 aliphatic carbocycles. The van der Waals surface area contributed by atoms with Crippen LogP contribution in [0.3, 0.4) is 0 Å². The van der Waals surface area contributed by atoms with Crippen LogP contribution in [0.1, 0.15) is 61.8 Å². The van der Waals surface area contributed by atoms with Crippen LogP contribution < -0.4 is 20.4 Å². The zero-order chi connectivity index (χ0) is 24.6. The third-order valence-corrected chi connectivity index (χ3v) is 7.46. The Hall–Kier alpha value is -2.85. The lowest BCUT2D eigenvalue weighted by atomic mass is 9.86. The van der Waals surface area contributed by atoms with E-state index in [-0.39, 0.29) is 0 Å². The van der Waals surface area contributed by atoms with Crippen molar-refractivity contribution in [2.24, 2.45) is 5.92 Å². The number of aryl methyl sites for hydroxylation is 1. The summed E-state index contributed by atoms with van der Waals surface area (Å²) in [5, 5.41) is 16.1. The standard InChI is InChI=1S/C28H41N7/c1-34(2)27-25-7-4-5-8-26(25)32-28(33-27)31-23-13-9-21(10-14-23)19-30-20-22-11-15-24(16-12-22)35(3)18-6-17-29/h11-12,15-16,21,23,30H,4-10,13-14,18-20H2,1-3H3,(H,31,32,33). The lowest BCUT2D eigenvalue weighted by Gasteiger charge is -2.30. The highest BCUT2D eigenvalue weighted by Crippen LogP contribution is 2.30. The zero-order valence-electron chi connectivity index (χ0n) is 21.7. The molecule has 0 aliphatic heterocycles. The summed E-state index contributed by atoms with van der Waals surface area (Å²) in [5.41, 5.74) is 5.06. The molecule has 0 unspecified atom stereocenters. The molecule has 0 amide bonds. The molecule has 1 aromatic heterocycles. The molecule has 188 valence electrons. The predicted molar refractivity (Wildman–Crippen MR) is 144 cm³/mol. The smallest absolute Gasteiger partial charge is 0.225 e. The minimum absolute atomic E-state index is 0.466. The number of hydrogen-bond donors (Lipinski definition) is 2. The quantitative estimate of drug-likeness (QED) is 0.522. The normalized spacial score (nSPS) is 19.5. The molecule has 1 saturated carbocycles. The Labute approximate surface area is 210 Å². The second kappa shape index (κ2) is 12.2. The third kappa shape index (κ3) is 6.85. The van der Waals surface area contributed by atoms with E-state index in [1.54, 1.807) is 0 Å². The Balaban J connectivity index is 1.21. The highest BCUT2D eigenvalue weighted by Gasteiger charge is 2.24. The van der Waals surface area contributed by atoms with Gasteiger partial charge >= 0.3 is 0 Å². The van der Waals surface area contributed by atoms with Gasteiger partial charge in [-0.15, -0.1) is 0 Å². The van der Waals surface area contributed by atoms with Gasteiger partial charge in [-0.25, -0.2) is 4.98 Å². The summed E-state index contributed by atoms with van der Waals surface area (Å²) in [6.07, 6.45) is 10.0. The Morgan fingerprint density at radius 3 is 2.46 bits per heavy atom. The average molecular weight is 476 g/mol. The summed E-state index contributed by atoms with van der Waals surface area (Å²) in [6.45, 7) is 2.73. The van der Waals surface area contributed by atoms with Crippen LogP contribution >= 0.6 is 0 Å². The van der Waals surface area contributed by atoms with E-state index >= 15 is 0 Å². The molecule has 7 nitrogen and oxygen atoms in total. The van der Waals surface area contributed by atoms with Crippen LogP contribution in [0.15, 0.2) is 24.3 Å². The zero-order valence-corrected chi connectivity index (χ0v) is 21.7. The molecule has 0 spiro atoms. The lowest BCUT2D eigenvalue weighted by molar-refractivity contribution is 0.323. The van der Waals surface area contributed by atoms with Crippen molar-refractivity contribution < 1.29 is 0 Å². The van der Waals surface area contributed by atoms with Crippen molar-refractivity contribution in [2.45, 2.75) is 70.4 Å². The lowest BCUT2D eigenvalue weighted by Crippen LogP contribution is -2.32. The minimum atomic E-state index is 0.466. The number of nitrogens with zero attached hydrogens (tertiary/aromatic N) is 5. The number of aromatic nitrogens is 2. The fourth-order valence-electron chi connectivity index (χ4n) is 5.34. The van der Waals surface area contributed by atoms with Crippen molar-refractivity contribution in [2.75, 3.05) is 49.3 Å². The second-order valence-corrected chi connectivity index (χ2v) is 10.4. The largest absolute Gasteiger partial charge is 0.374 e. The summed E-state index contributed by atoms with van der Waals surface area (Å²) in [7, 11) is 6.21. The van der Waals surface area contributed by atoms with E-state index in [2.05, 4.69) is 64.9 Å². The topological polar surface area (TPSA) is 80.1 Å². The second-order valence-electron chi connectivity index (χ2n) is 10.4. The van der Waals surface area contributed by atoms with Crippen molar-refractivity contribution in [3.8, 4) is 6.07 Å². The number of nitrogens with one attached hydrogen (secondary N) is 2. The van der Waals surface area contributed by atoms with Gasteiger partial charge < -0.3 is 20.4 Å². The van der Waals surface area contributed by atoms with Gasteiger partial charge in [0.2, 0.25) is 5.95 Å². The number of hydrogen-bond acceptors (Lipinski definition) is 7. The third-order valence-electron chi connectivity index (χ3n) is 7.46. The fraction of sp³-hybridized carbons (Fsp3) is 0.607. The number of fused-ring (bicyclic) bond motifs is 1. The van der Waals surface area contributed by atoms with Crippen LogP contribution in [-0.4, -0.2) is 50.2 Å². The molecule has 0 radical (unpaired) electrons. The Morgan fingerprint density at radius 1 is 1.00 bits per heavy atom. The van der Waals surface area contributed by atoms with Gasteiger partial charge in [0.15, 0.2) is 0 Å². The van der Waals surface area contributed by atoms with Gasteiger partial charge in [-0.1, -0.05) is 12.1 Å². The molecule has 0 bridgehead atoms. The number of anilines is 3. The highest BCUT2D eigenvalue weighted by molar-refractivity contribution is 5.53. The SMILES string of the molecule is CN(C)c1nc(NC2CCC(CNCc3ccc(N(C)CCC#N)cc3)CC2)nc2c1CCCC2. The van der Waals surface area contributed by atoms with Crippen LogP contribution in [0.2, 0.25) is 0 Å². The van der Waals surface area contributed by atoms with E-state index in [4.69, 9.17) is 15.2 Å². The Kier molecular flexibility index (Phi) is 8.81. The fourth-order valence-corrected chi connectivity index (χ4v) is 5.34. The van der Waals surface area contributed by atoms with Crippen LogP contribution in [0.5, 0.6) is 0 Å². The molecule has 0 atom stereocenters. The molecule has 7 heteroatoms. The van der Waals surface area contributed by atoms with E-state index in [1.165, 1.54) is 55.3 Å². The van der Waals surface area contributed by atoms with E-state index in [0.717, 1.165) is 55.8 Å². The molecule has 4 rings (SSSR count). The summed E-state index contributed by atoms with van der Waals surface area (Å²) in [5.74, 6) is 2.64. The summed E-state index contributed by atoms with van der Waals surface area (Å²) >= 11 is 0. The van der Waals surface area contributed by atoms with Crippen molar-refractivity contribution >= 4 is 17.5 Å². The van der Waals surface area contributed by atoms with E-state index < -0.39 is 0 Å². The average Bonchev–Trinajstić information content (AvgIpc) is 2.88. The first kappa shape index (κ1) is 25.2. The first-order valence-electron chi connectivity index (χ1n) is 13.2. The molecule has 1 aromatic carbocycles. The van der Waals surface area contributed by atoms with Gasteiger partial charge in [0.25, 0.3) is 0 Å². The predicted octanol–water partition coefficient (Wildman–Crippen LogP) is 4.53. The van der Waals surface area contributed by atoms with Crippen molar-refractivity contribution in [3.63, 3.8) is 0 Å². The monoisotopic (exact) mass is 475 g/mol. The van der Waals surface area contributed by atoms with Gasteiger partial charge in [-0.2, -0.15) is 10.2 Å². The van der Waals surface area contributed by atoms with Crippen molar-refractivity contribution in [1.29, 1.82) is 5.26 Å². The Morgan fingerprint density at radius 2 is 1.74 bits per heavy atom. The molecular formula is C28H41N7. The van der Waals surface area contributed by atoms with Crippen molar-refractivity contribution in [1.82, 2.24) is 15.3 Å². The van der Waals surface area contributed by atoms with Gasteiger partial charge in [-0.05, 0) is 81.5 Å². The summed E-state index contributed by atoms with van der Waals surface area (Å²) < 4.78 is 0. The van der Waals surface area contributed by atoms with E-state index in [9.17, 15) is 0 Å². The summed E-state index contributed by atoms with van der Waals surface area (Å²) in [4.78, 5) is 14.1. The van der Waals surface area contributed by atoms with Crippen LogP contribution in [0.4, 0.5) is 17.5 Å². The molecule has 0 saturated heterocycles. The van der Waals surface area contributed by atoms with E-state index in [1.807, 2.05) is 7.05 Å².